The molecule has 0 bridgehead atoms. The Morgan fingerprint density at radius 3 is 2.62 bits per heavy atom. The first-order valence-corrected chi connectivity index (χ1v) is 4.40. The van der Waals surface area contributed by atoms with E-state index in [1.165, 1.54) is 0 Å². The number of hydrogen-bond acceptors (Lipinski definition) is 3. The van der Waals surface area contributed by atoms with Gasteiger partial charge in [-0.05, 0) is 25.0 Å². The minimum Gasteiger partial charge on any atom is -0.505 e. The van der Waals surface area contributed by atoms with Crippen molar-refractivity contribution in [2.45, 2.75) is 26.3 Å². The molecule has 0 aliphatic carbocycles. The van der Waals surface area contributed by atoms with Crippen molar-refractivity contribution < 1.29 is 5.11 Å². The zero-order valence-electron chi connectivity index (χ0n) is 8.04. The number of phenolic OH excluding ortho intramolecular Hbond substituents is 1. The lowest BCUT2D eigenvalue weighted by Gasteiger charge is -2.13. The van der Waals surface area contributed by atoms with Gasteiger partial charge in [-0.1, -0.05) is 13.0 Å². The first-order chi connectivity index (χ1) is 6.06. The summed E-state index contributed by atoms with van der Waals surface area (Å²) >= 11 is 0. The van der Waals surface area contributed by atoms with Gasteiger partial charge in [-0.2, -0.15) is 0 Å². The molecule has 0 unspecified atom stereocenters. The Balaban J connectivity index is 3.20. The van der Waals surface area contributed by atoms with E-state index in [1.54, 1.807) is 6.07 Å². The molecule has 72 valence electrons. The van der Waals surface area contributed by atoms with Crippen LogP contribution in [0, 0.1) is 6.92 Å². The summed E-state index contributed by atoms with van der Waals surface area (Å²) in [6, 6.07) is 3.48. The SMILES string of the molecule is CC[C@@H](N)c1cc(C)cc(N)c1O. The molecule has 0 saturated heterocycles. The van der Waals surface area contributed by atoms with E-state index < -0.39 is 0 Å². The topological polar surface area (TPSA) is 72.3 Å². The molecule has 3 heteroatoms. The highest BCUT2D eigenvalue weighted by Gasteiger charge is 2.11. The lowest BCUT2D eigenvalue weighted by Crippen LogP contribution is -2.09. The summed E-state index contributed by atoms with van der Waals surface area (Å²) in [5.41, 5.74) is 13.6. The number of phenols is 1. The third-order valence-electron chi connectivity index (χ3n) is 2.15. The van der Waals surface area contributed by atoms with Crippen molar-refractivity contribution in [1.29, 1.82) is 0 Å². The quantitative estimate of drug-likeness (QED) is 0.479. The van der Waals surface area contributed by atoms with Crippen molar-refractivity contribution in [1.82, 2.24) is 0 Å². The molecule has 1 rings (SSSR count). The van der Waals surface area contributed by atoms with Gasteiger partial charge in [0, 0.05) is 11.6 Å². The highest BCUT2D eigenvalue weighted by molar-refractivity contribution is 5.58. The van der Waals surface area contributed by atoms with E-state index in [0.29, 0.717) is 5.69 Å². The van der Waals surface area contributed by atoms with E-state index in [-0.39, 0.29) is 11.8 Å². The van der Waals surface area contributed by atoms with E-state index in [4.69, 9.17) is 11.5 Å². The van der Waals surface area contributed by atoms with E-state index in [0.717, 1.165) is 17.5 Å². The zero-order valence-corrected chi connectivity index (χ0v) is 8.04. The van der Waals surface area contributed by atoms with E-state index in [9.17, 15) is 5.11 Å². The van der Waals surface area contributed by atoms with Gasteiger partial charge in [0.25, 0.3) is 0 Å². The Morgan fingerprint density at radius 1 is 1.46 bits per heavy atom. The minimum atomic E-state index is -0.137. The molecule has 3 nitrogen and oxygen atoms in total. The van der Waals surface area contributed by atoms with Crippen LogP contribution in [0.1, 0.15) is 30.5 Å². The fraction of sp³-hybridized carbons (Fsp3) is 0.400. The highest BCUT2D eigenvalue weighted by atomic mass is 16.3. The van der Waals surface area contributed by atoms with Crippen molar-refractivity contribution in [3.05, 3.63) is 23.3 Å². The maximum absolute atomic E-state index is 9.62. The van der Waals surface area contributed by atoms with Gasteiger partial charge in [-0.25, -0.2) is 0 Å². The maximum Gasteiger partial charge on any atom is 0.143 e. The number of rotatable bonds is 2. The minimum absolute atomic E-state index is 0.125. The first kappa shape index (κ1) is 9.86. The molecule has 0 heterocycles. The molecule has 1 aromatic rings. The van der Waals surface area contributed by atoms with Crippen LogP contribution in [0.15, 0.2) is 12.1 Å². The second-order valence-electron chi connectivity index (χ2n) is 3.31. The molecule has 0 aliphatic heterocycles. The smallest absolute Gasteiger partial charge is 0.143 e. The lowest BCUT2D eigenvalue weighted by atomic mass is 10.0. The van der Waals surface area contributed by atoms with Gasteiger partial charge in [0.05, 0.1) is 5.69 Å². The zero-order chi connectivity index (χ0) is 10.0. The van der Waals surface area contributed by atoms with Crippen molar-refractivity contribution >= 4 is 5.69 Å². The number of hydrogen-bond donors (Lipinski definition) is 3. The second-order valence-corrected chi connectivity index (χ2v) is 3.31. The van der Waals surface area contributed by atoms with Crippen LogP contribution in [0.2, 0.25) is 0 Å². The fourth-order valence-corrected chi connectivity index (χ4v) is 1.34. The molecule has 0 radical (unpaired) electrons. The van der Waals surface area contributed by atoms with Crippen LogP contribution in [0.3, 0.4) is 0 Å². The number of benzene rings is 1. The predicted molar refractivity (Wildman–Crippen MR) is 54.5 cm³/mol. The molecular formula is C10H16N2O. The molecule has 1 atom stereocenters. The summed E-state index contributed by atoms with van der Waals surface area (Å²) < 4.78 is 0. The Kier molecular flexibility index (Phi) is 2.78. The van der Waals surface area contributed by atoms with Gasteiger partial charge in [0.2, 0.25) is 0 Å². The van der Waals surface area contributed by atoms with Crippen LogP contribution in [0.5, 0.6) is 5.75 Å². The van der Waals surface area contributed by atoms with Gasteiger partial charge >= 0.3 is 0 Å². The summed E-state index contributed by atoms with van der Waals surface area (Å²) in [7, 11) is 0. The van der Waals surface area contributed by atoms with E-state index >= 15 is 0 Å². The summed E-state index contributed by atoms with van der Waals surface area (Å²) in [6.45, 7) is 3.91. The number of nitrogen functional groups attached to an aromatic ring is 1. The molecule has 0 aliphatic rings. The second kappa shape index (κ2) is 3.66. The molecule has 13 heavy (non-hydrogen) atoms. The van der Waals surface area contributed by atoms with Crippen molar-refractivity contribution in [3.63, 3.8) is 0 Å². The van der Waals surface area contributed by atoms with E-state index in [1.807, 2.05) is 19.9 Å². The normalized spacial score (nSPS) is 12.8. The number of anilines is 1. The molecule has 0 fully saturated rings. The Labute approximate surface area is 78.4 Å². The van der Waals surface area contributed by atoms with Crippen molar-refractivity contribution in [3.8, 4) is 5.75 Å². The third kappa shape index (κ3) is 1.92. The number of aryl methyl sites for hydroxylation is 1. The standard InChI is InChI=1S/C10H16N2O/c1-3-8(11)7-4-6(2)5-9(12)10(7)13/h4-5,8,13H,3,11-12H2,1-2H3/t8-/m1/s1. The number of aromatic hydroxyl groups is 1. The molecular weight excluding hydrogens is 164 g/mol. The Hall–Kier alpha value is -1.22. The van der Waals surface area contributed by atoms with Crippen molar-refractivity contribution in [2.24, 2.45) is 5.73 Å². The van der Waals surface area contributed by atoms with Crippen LogP contribution in [-0.2, 0) is 0 Å². The largest absolute Gasteiger partial charge is 0.505 e. The Bertz CT molecular complexity index is 310. The molecule has 0 spiro atoms. The predicted octanol–water partition coefficient (Wildman–Crippen LogP) is 1.69. The van der Waals surface area contributed by atoms with Crippen molar-refractivity contribution in [2.75, 3.05) is 5.73 Å². The molecule has 0 saturated carbocycles. The average molecular weight is 180 g/mol. The third-order valence-corrected chi connectivity index (χ3v) is 2.15. The van der Waals surface area contributed by atoms with Gasteiger partial charge < -0.3 is 16.6 Å². The number of nitrogens with two attached hydrogens (primary N) is 2. The van der Waals surface area contributed by atoms with Crippen LogP contribution < -0.4 is 11.5 Å². The molecule has 1 aromatic carbocycles. The van der Waals surface area contributed by atoms with Crippen LogP contribution in [0.4, 0.5) is 5.69 Å². The van der Waals surface area contributed by atoms with Crippen LogP contribution in [0.25, 0.3) is 0 Å². The van der Waals surface area contributed by atoms with Gasteiger partial charge in [-0.15, -0.1) is 0 Å². The van der Waals surface area contributed by atoms with Crippen LogP contribution >= 0.6 is 0 Å². The Morgan fingerprint density at radius 2 is 2.08 bits per heavy atom. The summed E-state index contributed by atoms with van der Waals surface area (Å²) in [5.74, 6) is 0.125. The summed E-state index contributed by atoms with van der Waals surface area (Å²) in [4.78, 5) is 0. The monoisotopic (exact) mass is 180 g/mol. The molecule has 0 aromatic heterocycles. The first-order valence-electron chi connectivity index (χ1n) is 4.40. The fourth-order valence-electron chi connectivity index (χ4n) is 1.34. The molecule has 5 N–H and O–H groups in total. The maximum atomic E-state index is 9.62. The van der Waals surface area contributed by atoms with E-state index in [2.05, 4.69) is 0 Å². The van der Waals surface area contributed by atoms with Gasteiger partial charge in [-0.3, -0.25) is 0 Å². The van der Waals surface area contributed by atoms with Gasteiger partial charge in [0.15, 0.2) is 0 Å². The van der Waals surface area contributed by atoms with Crippen LogP contribution in [-0.4, -0.2) is 5.11 Å². The molecule has 0 amide bonds. The average Bonchev–Trinajstić information content (AvgIpc) is 2.10. The lowest BCUT2D eigenvalue weighted by molar-refractivity contribution is 0.462. The summed E-state index contributed by atoms with van der Waals surface area (Å²) in [6.07, 6.45) is 0.788. The highest BCUT2D eigenvalue weighted by Crippen LogP contribution is 2.31. The van der Waals surface area contributed by atoms with Gasteiger partial charge in [0.1, 0.15) is 5.75 Å². The summed E-state index contributed by atoms with van der Waals surface area (Å²) in [5, 5.41) is 9.62.